The molecule has 0 bridgehead atoms. The number of β-amino-alcohol motifs (C(OH)–C–C–N with tert-alkyl or cyclic N) is 1. The molecule has 2 aliphatic rings. The van der Waals surface area contributed by atoms with Crippen molar-refractivity contribution in [2.75, 3.05) is 26.2 Å². The first-order chi connectivity index (χ1) is 11.7. The first kappa shape index (κ1) is 17.2. The molecule has 1 atom stereocenters. The summed E-state index contributed by atoms with van der Waals surface area (Å²) in [6, 6.07) is 9.67. The first-order valence-corrected chi connectivity index (χ1v) is 9.03. The number of amides is 1. The largest absolute Gasteiger partial charge is 0.445 e. The average molecular weight is 332 g/mol. The number of nitrogens with one attached hydrogen (secondary N) is 1. The smallest absolute Gasteiger partial charge is 0.407 e. The van der Waals surface area contributed by atoms with Gasteiger partial charge in [0.15, 0.2) is 0 Å². The van der Waals surface area contributed by atoms with Crippen LogP contribution in [-0.2, 0) is 11.3 Å². The van der Waals surface area contributed by atoms with Crippen molar-refractivity contribution in [1.29, 1.82) is 0 Å². The van der Waals surface area contributed by atoms with Gasteiger partial charge in [0.1, 0.15) is 6.61 Å². The Morgan fingerprint density at radius 1 is 1.25 bits per heavy atom. The van der Waals surface area contributed by atoms with E-state index in [4.69, 9.17) is 4.74 Å². The van der Waals surface area contributed by atoms with Gasteiger partial charge in [0, 0.05) is 13.1 Å². The highest BCUT2D eigenvalue weighted by Gasteiger charge is 2.50. The molecule has 0 radical (unpaired) electrons. The maximum absolute atomic E-state index is 11.6. The zero-order chi connectivity index (χ0) is 16.8. The predicted octanol–water partition coefficient (Wildman–Crippen LogP) is 2.54. The van der Waals surface area contributed by atoms with Crippen LogP contribution in [-0.4, -0.2) is 48.4 Å². The van der Waals surface area contributed by atoms with Gasteiger partial charge < -0.3 is 20.1 Å². The van der Waals surface area contributed by atoms with E-state index in [9.17, 15) is 9.90 Å². The fourth-order valence-electron chi connectivity index (χ4n) is 3.45. The minimum absolute atomic E-state index is 0.141. The lowest BCUT2D eigenvalue weighted by Crippen LogP contribution is -2.45. The lowest BCUT2D eigenvalue weighted by Gasteiger charge is -2.36. The number of rotatable bonds is 7. The average Bonchev–Trinajstić information content (AvgIpc) is 3.38. The van der Waals surface area contributed by atoms with Crippen LogP contribution < -0.4 is 5.32 Å². The van der Waals surface area contributed by atoms with Crippen molar-refractivity contribution < 1.29 is 14.6 Å². The summed E-state index contributed by atoms with van der Waals surface area (Å²) in [6.45, 7) is 3.85. The Kier molecular flexibility index (Phi) is 5.74. The van der Waals surface area contributed by atoms with E-state index < -0.39 is 0 Å². The highest BCUT2D eigenvalue weighted by molar-refractivity contribution is 5.67. The predicted molar refractivity (Wildman–Crippen MR) is 92.6 cm³/mol. The van der Waals surface area contributed by atoms with E-state index in [0.29, 0.717) is 13.2 Å². The van der Waals surface area contributed by atoms with Gasteiger partial charge in [-0.25, -0.2) is 4.79 Å². The number of hydrogen-bond donors (Lipinski definition) is 2. The van der Waals surface area contributed by atoms with E-state index in [1.165, 1.54) is 12.8 Å². The van der Waals surface area contributed by atoms with Crippen LogP contribution in [0.1, 0.15) is 37.7 Å². The van der Waals surface area contributed by atoms with Gasteiger partial charge in [-0.05, 0) is 56.2 Å². The number of hydrogen-bond acceptors (Lipinski definition) is 4. The number of benzene rings is 1. The van der Waals surface area contributed by atoms with Crippen molar-refractivity contribution in [2.45, 2.75) is 44.8 Å². The number of piperidine rings is 1. The van der Waals surface area contributed by atoms with Crippen LogP contribution in [0.5, 0.6) is 0 Å². The molecule has 5 heteroatoms. The van der Waals surface area contributed by atoms with Crippen molar-refractivity contribution in [2.24, 2.45) is 5.41 Å². The second-order valence-corrected chi connectivity index (χ2v) is 7.12. The third-order valence-corrected chi connectivity index (χ3v) is 5.34. The number of nitrogens with zero attached hydrogens (tertiary/aromatic N) is 1. The topological polar surface area (TPSA) is 61.8 Å². The van der Waals surface area contributed by atoms with E-state index in [1.54, 1.807) is 0 Å². The maximum Gasteiger partial charge on any atom is 0.407 e. The fraction of sp³-hybridized carbons (Fsp3) is 0.632. The minimum atomic E-state index is -0.358. The van der Waals surface area contributed by atoms with Crippen LogP contribution in [0.15, 0.2) is 30.3 Å². The standard InChI is InChI=1S/C19H28N2O3/c22-17-14-21(13-10-19(17)8-9-19)12-5-4-11-20-18(23)24-15-16-6-2-1-3-7-16/h1-3,6-7,17,22H,4-5,8-15H2,(H,20,23). The normalized spacial score (nSPS) is 22.3. The summed E-state index contributed by atoms with van der Waals surface area (Å²) in [5.41, 5.74) is 1.27. The van der Waals surface area contributed by atoms with Gasteiger partial charge in [0.2, 0.25) is 0 Å². The van der Waals surface area contributed by atoms with Crippen molar-refractivity contribution in [1.82, 2.24) is 10.2 Å². The maximum atomic E-state index is 11.6. The molecule has 0 aromatic heterocycles. The Balaban J connectivity index is 1.22. The van der Waals surface area contributed by atoms with Gasteiger partial charge >= 0.3 is 6.09 Å². The molecule has 132 valence electrons. The quantitative estimate of drug-likeness (QED) is 0.753. The summed E-state index contributed by atoms with van der Waals surface area (Å²) < 4.78 is 5.17. The van der Waals surface area contributed by atoms with Gasteiger partial charge in [-0.2, -0.15) is 0 Å². The molecule has 1 saturated heterocycles. The third-order valence-electron chi connectivity index (χ3n) is 5.34. The van der Waals surface area contributed by atoms with Crippen LogP contribution in [0.25, 0.3) is 0 Å². The van der Waals surface area contributed by atoms with Crippen LogP contribution >= 0.6 is 0 Å². The van der Waals surface area contributed by atoms with E-state index >= 15 is 0 Å². The fourth-order valence-corrected chi connectivity index (χ4v) is 3.45. The second kappa shape index (κ2) is 7.99. The molecule has 1 saturated carbocycles. The minimum Gasteiger partial charge on any atom is -0.445 e. The molecule has 1 unspecified atom stereocenters. The van der Waals surface area contributed by atoms with Crippen molar-refractivity contribution >= 4 is 6.09 Å². The molecule has 1 aliphatic heterocycles. The number of ether oxygens (including phenoxy) is 1. The summed E-state index contributed by atoms with van der Waals surface area (Å²) in [6.07, 6.45) is 5.00. The molecular formula is C19H28N2O3. The number of carbonyl (C=O) groups excluding carboxylic acids is 1. The van der Waals surface area contributed by atoms with Crippen LogP contribution in [0.2, 0.25) is 0 Å². The molecule has 1 spiro atoms. The molecule has 2 fully saturated rings. The molecule has 1 aliphatic carbocycles. The molecule has 1 amide bonds. The van der Waals surface area contributed by atoms with Crippen molar-refractivity contribution in [3.05, 3.63) is 35.9 Å². The summed E-state index contributed by atoms with van der Waals surface area (Å²) in [7, 11) is 0. The third kappa shape index (κ3) is 4.71. The lowest BCUT2D eigenvalue weighted by molar-refractivity contribution is 0.00814. The molecule has 1 heterocycles. The number of alkyl carbamates (subject to hydrolysis) is 1. The monoisotopic (exact) mass is 332 g/mol. The van der Waals surface area contributed by atoms with Crippen molar-refractivity contribution in [3.8, 4) is 0 Å². The molecule has 5 nitrogen and oxygen atoms in total. The number of likely N-dealkylation sites (tertiary alicyclic amines) is 1. The molecule has 2 N–H and O–H groups in total. The summed E-state index contributed by atoms with van der Waals surface area (Å²) in [5, 5.41) is 13.0. The van der Waals surface area contributed by atoms with Crippen LogP contribution in [0.3, 0.4) is 0 Å². The Labute approximate surface area is 144 Å². The Bertz CT molecular complexity index is 531. The molecule has 1 aromatic rings. The van der Waals surface area contributed by atoms with Gasteiger partial charge in [-0.1, -0.05) is 30.3 Å². The number of aliphatic hydroxyl groups is 1. The Morgan fingerprint density at radius 2 is 2.04 bits per heavy atom. The Hall–Kier alpha value is -1.59. The van der Waals surface area contributed by atoms with E-state index in [0.717, 1.165) is 44.5 Å². The van der Waals surface area contributed by atoms with Crippen molar-refractivity contribution in [3.63, 3.8) is 0 Å². The van der Waals surface area contributed by atoms with Crippen LogP contribution in [0, 0.1) is 5.41 Å². The lowest BCUT2D eigenvalue weighted by atomic mass is 9.90. The van der Waals surface area contributed by atoms with E-state index in [2.05, 4.69) is 10.2 Å². The first-order valence-electron chi connectivity index (χ1n) is 9.03. The zero-order valence-corrected chi connectivity index (χ0v) is 14.2. The second-order valence-electron chi connectivity index (χ2n) is 7.12. The molecular weight excluding hydrogens is 304 g/mol. The van der Waals surface area contributed by atoms with Gasteiger partial charge in [-0.15, -0.1) is 0 Å². The van der Waals surface area contributed by atoms with Gasteiger partial charge in [0.25, 0.3) is 0 Å². The zero-order valence-electron chi connectivity index (χ0n) is 14.2. The highest BCUT2D eigenvalue weighted by atomic mass is 16.5. The molecule has 3 rings (SSSR count). The summed E-state index contributed by atoms with van der Waals surface area (Å²) in [4.78, 5) is 14.0. The summed E-state index contributed by atoms with van der Waals surface area (Å²) >= 11 is 0. The highest BCUT2D eigenvalue weighted by Crippen LogP contribution is 2.53. The molecule has 1 aromatic carbocycles. The SMILES string of the molecule is O=C(NCCCCN1CCC2(CC2)C(O)C1)OCc1ccccc1. The van der Waals surface area contributed by atoms with Gasteiger partial charge in [-0.3, -0.25) is 0 Å². The van der Waals surface area contributed by atoms with Gasteiger partial charge in [0.05, 0.1) is 6.10 Å². The van der Waals surface area contributed by atoms with E-state index in [1.807, 2.05) is 30.3 Å². The molecule has 24 heavy (non-hydrogen) atoms. The van der Waals surface area contributed by atoms with Crippen LogP contribution in [0.4, 0.5) is 4.79 Å². The number of carbonyl (C=O) groups is 1. The number of unbranched alkanes of at least 4 members (excludes halogenated alkanes) is 1. The number of aliphatic hydroxyl groups excluding tert-OH is 1. The Morgan fingerprint density at radius 3 is 2.75 bits per heavy atom. The van der Waals surface area contributed by atoms with E-state index in [-0.39, 0.29) is 17.6 Å². The summed E-state index contributed by atoms with van der Waals surface area (Å²) in [5.74, 6) is 0.